The molecule has 1 atom stereocenters. The summed E-state index contributed by atoms with van der Waals surface area (Å²) in [5, 5.41) is 2.89. The van der Waals surface area contributed by atoms with Crippen molar-refractivity contribution in [2.75, 3.05) is 0 Å². The molecule has 0 spiro atoms. The zero-order valence-electron chi connectivity index (χ0n) is 11.4. The van der Waals surface area contributed by atoms with Crippen LogP contribution in [0.4, 0.5) is 4.79 Å². The average molecular weight is 248 g/mol. The van der Waals surface area contributed by atoms with E-state index in [4.69, 9.17) is 4.74 Å². The number of carbonyl (C=O) groups excluding carboxylic acids is 1. The molecule has 99 valence electrons. The lowest BCUT2D eigenvalue weighted by molar-refractivity contribution is 0.0501. The molecule has 0 aliphatic heterocycles. The molecule has 18 heavy (non-hydrogen) atoms. The topological polar surface area (TPSA) is 38.3 Å². The first-order valence-corrected chi connectivity index (χ1v) is 6.26. The molecule has 1 amide bonds. The maximum Gasteiger partial charge on any atom is 0.408 e. The Balaban J connectivity index is 2.67. The number of amides is 1. The predicted molar refractivity (Wildman–Crippen MR) is 73.1 cm³/mol. The van der Waals surface area contributed by atoms with Crippen molar-refractivity contribution in [3.05, 3.63) is 42.8 Å². The van der Waals surface area contributed by atoms with Gasteiger partial charge in [0.15, 0.2) is 0 Å². The Morgan fingerprint density at radius 1 is 1.33 bits per heavy atom. The zero-order chi connectivity index (χ0) is 13.6. The number of benzene rings is 1. The van der Waals surface area contributed by atoms with Crippen LogP contribution in [0.3, 0.4) is 0 Å². The zero-order valence-corrected chi connectivity index (χ0v) is 11.4. The van der Waals surface area contributed by atoms with Crippen LogP contribution in [0.25, 0.3) is 0 Å². The van der Waals surface area contributed by atoms with Gasteiger partial charge in [0.1, 0.15) is 5.60 Å². The standard InChI is InChI=1S/C15H22NO2/c1-5-9-13(12-10-7-6-8-11-12)16-14(17)18-15(2,3)4/h6-8,10-11,13H,1,5,9H2,2-4H3,(H,16,17). The van der Waals surface area contributed by atoms with Crippen molar-refractivity contribution in [3.63, 3.8) is 0 Å². The largest absolute Gasteiger partial charge is 0.444 e. The molecule has 0 fully saturated rings. The molecule has 0 bridgehead atoms. The molecular weight excluding hydrogens is 226 g/mol. The highest BCUT2D eigenvalue weighted by Crippen LogP contribution is 2.19. The van der Waals surface area contributed by atoms with E-state index in [0.717, 1.165) is 18.4 Å². The van der Waals surface area contributed by atoms with Gasteiger partial charge in [0.05, 0.1) is 6.04 Å². The second kappa shape index (κ2) is 6.43. The van der Waals surface area contributed by atoms with Gasteiger partial charge in [-0.15, -0.1) is 0 Å². The van der Waals surface area contributed by atoms with Gasteiger partial charge in [-0.05, 0) is 32.8 Å². The predicted octanol–water partition coefficient (Wildman–Crippen LogP) is 3.87. The monoisotopic (exact) mass is 248 g/mol. The number of rotatable bonds is 4. The minimum Gasteiger partial charge on any atom is -0.444 e. The van der Waals surface area contributed by atoms with Crippen LogP contribution in [0.15, 0.2) is 30.3 Å². The Labute approximate surface area is 110 Å². The van der Waals surface area contributed by atoms with Crippen molar-refractivity contribution in [1.82, 2.24) is 5.32 Å². The quantitative estimate of drug-likeness (QED) is 0.878. The molecule has 3 heteroatoms. The Kier molecular flexibility index (Phi) is 5.20. The molecule has 0 aliphatic carbocycles. The van der Waals surface area contributed by atoms with Gasteiger partial charge in [-0.3, -0.25) is 0 Å². The molecule has 1 N–H and O–H groups in total. The lowest BCUT2D eigenvalue weighted by Gasteiger charge is -2.23. The molecule has 0 aliphatic rings. The third kappa shape index (κ3) is 5.21. The van der Waals surface area contributed by atoms with Crippen LogP contribution in [-0.4, -0.2) is 11.7 Å². The third-order valence-electron chi connectivity index (χ3n) is 2.39. The van der Waals surface area contributed by atoms with E-state index in [1.807, 2.05) is 51.1 Å². The van der Waals surface area contributed by atoms with Crippen molar-refractivity contribution in [1.29, 1.82) is 0 Å². The highest BCUT2D eigenvalue weighted by atomic mass is 16.6. The number of alkyl carbamates (subject to hydrolysis) is 1. The van der Waals surface area contributed by atoms with Gasteiger partial charge in [-0.25, -0.2) is 4.79 Å². The summed E-state index contributed by atoms with van der Waals surface area (Å²) in [7, 11) is 0. The highest BCUT2D eigenvalue weighted by Gasteiger charge is 2.19. The number of hydrogen-bond acceptors (Lipinski definition) is 2. The number of nitrogens with one attached hydrogen (secondary N) is 1. The summed E-state index contributed by atoms with van der Waals surface area (Å²) in [6, 6.07) is 9.83. The lowest BCUT2D eigenvalue weighted by atomic mass is 10.0. The first-order valence-electron chi connectivity index (χ1n) is 6.26. The Bertz CT molecular complexity index is 368. The van der Waals surface area contributed by atoms with Crippen molar-refractivity contribution >= 4 is 6.09 Å². The van der Waals surface area contributed by atoms with Gasteiger partial charge in [-0.1, -0.05) is 43.7 Å². The molecule has 0 saturated heterocycles. The van der Waals surface area contributed by atoms with Crippen LogP contribution in [0, 0.1) is 6.92 Å². The lowest BCUT2D eigenvalue weighted by Crippen LogP contribution is -2.35. The van der Waals surface area contributed by atoms with E-state index >= 15 is 0 Å². The minimum absolute atomic E-state index is 0.0430. The average Bonchev–Trinajstić information content (AvgIpc) is 2.27. The van der Waals surface area contributed by atoms with Crippen LogP contribution < -0.4 is 5.32 Å². The summed E-state index contributed by atoms with van der Waals surface area (Å²) >= 11 is 0. The van der Waals surface area contributed by atoms with Crippen LogP contribution >= 0.6 is 0 Å². The molecule has 1 aromatic carbocycles. The van der Waals surface area contributed by atoms with E-state index in [9.17, 15) is 4.79 Å². The van der Waals surface area contributed by atoms with E-state index in [-0.39, 0.29) is 12.1 Å². The molecule has 1 aromatic rings. The van der Waals surface area contributed by atoms with Crippen LogP contribution in [-0.2, 0) is 4.74 Å². The fourth-order valence-electron chi connectivity index (χ4n) is 1.66. The number of carbonyl (C=O) groups is 1. The first kappa shape index (κ1) is 14.6. The number of hydrogen-bond donors (Lipinski definition) is 1. The summed E-state index contributed by atoms with van der Waals surface area (Å²) in [6.45, 7) is 9.40. The van der Waals surface area contributed by atoms with Gasteiger partial charge < -0.3 is 10.1 Å². The summed E-state index contributed by atoms with van der Waals surface area (Å²) in [6.07, 6.45) is 1.17. The fraction of sp³-hybridized carbons (Fsp3) is 0.467. The third-order valence-corrected chi connectivity index (χ3v) is 2.39. The van der Waals surface area contributed by atoms with E-state index in [2.05, 4.69) is 12.2 Å². The Hall–Kier alpha value is -1.51. The van der Waals surface area contributed by atoms with E-state index in [1.54, 1.807) is 0 Å². The van der Waals surface area contributed by atoms with Crippen LogP contribution in [0.5, 0.6) is 0 Å². The maximum atomic E-state index is 11.8. The van der Waals surface area contributed by atoms with Crippen molar-refractivity contribution in [2.45, 2.75) is 45.3 Å². The molecule has 1 rings (SSSR count). The molecule has 1 unspecified atom stereocenters. The Morgan fingerprint density at radius 2 is 1.94 bits per heavy atom. The number of ether oxygens (including phenoxy) is 1. The summed E-state index contributed by atoms with van der Waals surface area (Å²) < 4.78 is 5.27. The molecule has 0 saturated carbocycles. The summed E-state index contributed by atoms with van der Waals surface area (Å²) in [5.41, 5.74) is 0.600. The molecule has 0 heterocycles. The molecular formula is C15H22NO2. The second-order valence-electron chi connectivity index (χ2n) is 5.25. The van der Waals surface area contributed by atoms with Gasteiger partial charge in [0.2, 0.25) is 0 Å². The van der Waals surface area contributed by atoms with Crippen LogP contribution in [0.2, 0.25) is 0 Å². The van der Waals surface area contributed by atoms with Crippen molar-refractivity contribution < 1.29 is 9.53 Å². The van der Waals surface area contributed by atoms with E-state index in [0.29, 0.717) is 0 Å². The maximum absolute atomic E-state index is 11.8. The van der Waals surface area contributed by atoms with Gasteiger partial charge in [-0.2, -0.15) is 0 Å². The molecule has 1 radical (unpaired) electrons. The Morgan fingerprint density at radius 3 is 2.44 bits per heavy atom. The summed E-state index contributed by atoms with van der Waals surface area (Å²) in [4.78, 5) is 11.8. The first-order chi connectivity index (χ1) is 8.42. The van der Waals surface area contributed by atoms with Crippen LogP contribution in [0.1, 0.15) is 45.2 Å². The van der Waals surface area contributed by atoms with Gasteiger partial charge >= 0.3 is 6.09 Å². The highest BCUT2D eigenvalue weighted by molar-refractivity contribution is 5.68. The summed E-state index contributed by atoms with van der Waals surface area (Å²) in [5.74, 6) is 0. The van der Waals surface area contributed by atoms with Crippen molar-refractivity contribution in [3.8, 4) is 0 Å². The molecule has 3 nitrogen and oxygen atoms in total. The van der Waals surface area contributed by atoms with E-state index < -0.39 is 5.60 Å². The second-order valence-corrected chi connectivity index (χ2v) is 5.25. The van der Waals surface area contributed by atoms with Gasteiger partial charge in [0, 0.05) is 0 Å². The fourth-order valence-corrected chi connectivity index (χ4v) is 1.66. The minimum atomic E-state index is -0.476. The van der Waals surface area contributed by atoms with Gasteiger partial charge in [0.25, 0.3) is 0 Å². The van der Waals surface area contributed by atoms with E-state index in [1.165, 1.54) is 0 Å². The normalized spacial score (nSPS) is 12.9. The van der Waals surface area contributed by atoms with Crippen molar-refractivity contribution in [2.24, 2.45) is 0 Å². The molecule has 0 aromatic heterocycles. The SMILES string of the molecule is [CH2]CCC(NC(=O)OC(C)(C)C)c1ccccc1. The smallest absolute Gasteiger partial charge is 0.408 e.